The van der Waals surface area contributed by atoms with Crippen molar-refractivity contribution < 1.29 is 4.79 Å². The summed E-state index contributed by atoms with van der Waals surface area (Å²) in [6.07, 6.45) is 0. The van der Waals surface area contributed by atoms with Crippen molar-refractivity contribution >= 4 is 23.0 Å². The highest BCUT2D eigenvalue weighted by molar-refractivity contribution is 6.10. The number of hydrogen-bond donors (Lipinski definition) is 2. The topological polar surface area (TPSA) is 101 Å². The van der Waals surface area contributed by atoms with Crippen molar-refractivity contribution in [2.24, 2.45) is 10.5 Å². The molecule has 0 unspecified atom stereocenters. The summed E-state index contributed by atoms with van der Waals surface area (Å²) in [6, 6.07) is 10.1. The highest BCUT2D eigenvalue weighted by Gasteiger charge is 2.20. The normalized spacial score (nSPS) is 9.85. The minimum absolute atomic E-state index is 0.0764. The Balaban J connectivity index is 2.71. The summed E-state index contributed by atoms with van der Waals surface area (Å²) >= 11 is 0. The van der Waals surface area contributed by atoms with Gasteiger partial charge in [0, 0.05) is 11.1 Å². The fraction of sp³-hybridized carbons (Fsp3) is 0.286. The maximum Gasteiger partial charge on any atom is 0.237 e. The summed E-state index contributed by atoms with van der Waals surface area (Å²) < 4.78 is 0. The Hall–Kier alpha value is -2.86. The third kappa shape index (κ3) is 4.43. The Labute approximate surface area is 117 Å². The van der Waals surface area contributed by atoms with Gasteiger partial charge in [0.15, 0.2) is 0 Å². The monoisotopic (exact) mass is 269 g/mol. The van der Waals surface area contributed by atoms with Gasteiger partial charge in [-0.15, -0.1) is 0 Å². The highest BCUT2D eigenvalue weighted by Crippen LogP contribution is 2.19. The van der Waals surface area contributed by atoms with E-state index in [4.69, 9.17) is 10.5 Å². The zero-order valence-electron chi connectivity index (χ0n) is 11.6. The number of nitrogens with one attached hydrogen (secondary N) is 2. The lowest BCUT2D eigenvalue weighted by molar-refractivity contribution is -0.123. The van der Waals surface area contributed by atoms with E-state index in [0.717, 1.165) is 0 Å². The number of benzene rings is 1. The van der Waals surface area contributed by atoms with Crippen LogP contribution >= 0.6 is 0 Å². The van der Waals surface area contributed by atoms with Crippen LogP contribution in [0.4, 0.5) is 11.4 Å². The summed E-state index contributed by atoms with van der Waals surface area (Å²) in [7, 11) is 0. The van der Waals surface area contributed by atoms with Crippen molar-refractivity contribution in [2.45, 2.75) is 20.8 Å². The number of hydrogen-bond acceptors (Lipinski definition) is 5. The molecule has 0 spiro atoms. The number of carbonyl (C=O) groups excluding carboxylic acids is 1. The van der Waals surface area contributed by atoms with E-state index in [9.17, 15) is 4.79 Å². The molecule has 0 aliphatic heterocycles. The van der Waals surface area contributed by atoms with Gasteiger partial charge in [0.25, 0.3) is 0 Å². The van der Waals surface area contributed by atoms with E-state index >= 15 is 0 Å². The largest absolute Gasteiger partial charge is 0.326 e. The molecule has 0 atom stereocenters. The summed E-state index contributed by atoms with van der Waals surface area (Å²) in [4.78, 5) is 11.8. The van der Waals surface area contributed by atoms with Gasteiger partial charge in [-0.3, -0.25) is 10.2 Å². The van der Waals surface area contributed by atoms with Crippen molar-refractivity contribution in [1.82, 2.24) is 0 Å². The SMILES string of the molecule is CC(C)(C)C(=O)Nc1ccc(NN=C(C#N)C#N)cc1. The van der Waals surface area contributed by atoms with E-state index in [2.05, 4.69) is 15.8 Å². The number of nitrogens with zero attached hydrogens (tertiary/aromatic N) is 3. The van der Waals surface area contributed by atoms with Crippen LogP contribution in [0.3, 0.4) is 0 Å². The zero-order chi connectivity index (χ0) is 15.2. The molecule has 1 aromatic rings. The lowest BCUT2D eigenvalue weighted by atomic mass is 9.95. The van der Waals surface area contributed by atoms with Gasteiger partial charge < -0.3 is 5.32 Å². The number of carbonyl (C=O) groups is 1. The minimum atomic E-state index is -0.463. The first-order valence-corrected chi connectivity index (χ1v) is 5.92. The molecular weight excluding hydrogens is 254 g/mol. The first-order valence-electron chi connectivity index (χ1n) is 5.92. The van der Waals surface area contributed by atoms with Crippen molar-refractivity contribution in [1.29, 1.82) is 10.5 Å². The second kappa shape index (κ2) is 6.35. The summed E-state index contributed by atoms with van der Waals surface area (Å²) in [5, 5.41) is 23.5. The fourth-order valence-electron chi connectivity index (χ4n) is 1.14. The van der Waals surface area contributed by atoms with E-state index in [1.54, 1.807) is 36.4 Å². The number of anilines is 2. The van der Waals surface area contributed by atoms with E-state index in [0.29, 0.717) is 11.4 Å². The maximum atomic E-state index is 11.8. The molecule has 0 aromatic heterocycles. The van der Waals surface area contributed by atoms with Crippen molar-refractivity contribution in [3.63, 3.8) is 0 Å². The standard InChI is InChI=1S/C14H15N5O/c1-14(2,3)13(20)17-10-4-6-11(7-5-10)18-19-12(8-15)9-16/h4-7,18H,1-3H3,(H,17,20). The maximum absolute atomic E-state index is 11.8. The van der Waals surface area contributed by atoms with Crippen LogP contribution in [0, 0.1) is 28.1 Å². The highest BCUT2D eigenvalue weighted by atomic mass is 16.2. The smallest absolute Gasteiger partial charge is 0.237 e. The molecule has 0 fully saturated rings. The quantitative estimate of drug-likeness (QED) is 0.650. The second-order valence-corrected chi connectivity index (χ2v) is 5.08. The van der Waals surface area contributed by atoms with Gasteiger partial charge in [-0.1, -0.05) is 20.8 Å². The van der Waals surface area contributed by atoms with Gasteiger partial charge in [-0.25, -0.2) is 0 Å². The molecule has 0 aliphatic carbocycles. The molecule has 0 saturated heterocycles. The van der Waals surface area contributed by atoms with Gasteiger partial charge in [0.05, 0.1) is 5.69 Å². The van der Waals surface area contributed by atoms with Crippen LogP contribution in [0.5, 0.6) is 0 Å². The van der Waals surface area contributed by atoms with Gasteiger partial charge in [-0.05, 0) is 24.3 Å². The van der Waals surface area contributed by atoms with Gasteiger partial charge >= 0.3 is 0 Å². The van der Waals surface area contributed by atoms with E-state index in [1.165, 1.54) is 0 Å². The molecule has 0 bridgehead atoms. The Kier molecular flexibility index (Phi) is 4.82. The molecule has 1 rings (SSSR count). The number of hydrazone groups is 1. The van der Waals surface area contributed by atoms with Crippen LogP contribution in [0.2, 0.25) is 0 Å². The Bertz CT molecular complexity index is 580. The summed E-state index contributed by atoms with van der Waals surface area (Å²) in [5.41, 5.74) is 3.15. The van der Waals surface area contributed by atoms with E-state index in [1.807, 2.05) is 20.8 Å². The number of rotatable bonds is 3. The molecule has 0 aliphatic rings. The Morgan fingerprint density at radius 1 is 1.10 bits per heavy atom. The first-order chi connectivity index (χ1) is 9.36. The molecule has 1 aromatic carbocycles. The average molecular weight is 269 g/mol. The summed E-state index contributed by atoms with van der Waals surface area (Å²) in [5.74, 6) is -0.0764. The third-order valence-corrected chi connectivity index (χ3v) is 2.33. The predicted octanol–water partition coefficient (Wildman–Crippen LogP) is 2.49. The van der Waals surface area contributed by atoms with Gasteiger partial charge in [0.1, 0.15) is 12.1 Å². The van der Waals surface area contributed by atoms with Crippen LogP contribution in [0.1, 0.15) is 20.8 Å². The van der Waals surface area contributed by atoms with Crippen LogP contribution in [-0.4, -0.2) is 11.6 Å². The molecule has 6 nitrogen and oxygen atoms in total. The molecule has 2 N–H and O–H groups in total. The molecule has 0 heterocycles. The van der Waals surface area contributed by atoms with Crippen molar-refractivity contribution in [3.05, 3.63) is 24.3 Å². The van der Waals surface area contributed by atoms with Crippen molar-refractivity contribution in [2.75, 3.05) is 10.7 Å². The lowest BCUT2D eigenvalue weighted by Crippen LogP contribution is -2.27. The van der Waals surface area contributed by atoms with Crippen LogP contribution < -0.4 is 10.7 Å². The Morgan fingerprint density at radius 3 is 2.05 bits per heavy atom. The third-order valence-electron chi connectivity index (χ3n) is 2.33. The minimum Gasteiger partial charge on any atom is -0.326 e. The fourth-order valence-corrected chi connectivity index (χ4v) is 1.14. The van der Waals surface area contributed by atoms with Gasteiger partial charge in [-0.2, -0.15) is 15.6 Å². The first kappa shape index (κ1) is 15.2. The van der Waals surface area contributed by atoms with Gasteiger partial charge in [0.2, 0.25) is 11.6 Å². The summed E-state index contributed by atoms with van der Waals surface area (Å²) in [6.45, 7) is 5.49. The molecule has 20 heavy (non-hydrogen) atoms. The number of amides is 1. The zero-order valence-corrected chi connectivity index (χ0v) is 11.6. The van der Waals surface area contributed by atoms with E-state index in [-0.39, 0.29) is 11.6 Å². The Morgan fingerprint density at radius 2 is 1.60 bits per heavy atom. The molecule has 6 heteroatoms. The second-order valence-electron chi connectivity index (χ2n) is 5.08. The van der Waals surface area contributed by atoms with Crippen LogP contribution in [-0.2, 0) is 4.79 Å². The average Bonchev–Trinajstić information content (AvgIpc) is 2.40. The van der Waals surface area contributed by atoms with Crippen molar-refractivity contribution in [3.8, 4) is 12.1 Å². The van der Waals surface area contributed by atoms with Crippen LogP contribution in [0.25, 0.3) is 0 Å². The number of nitriles is 2. The molecular formula is C14H15N5O. The predicted molar refractivity (Wildman–Crippen MR) is 76.8 cm³/mol. The molecule has 102 valence electrons. The molecule has 0 radical (unpaired) electrons. The van der Waals surface area contributed by atoms with E-state index < -0.39 is 5.41 Å². The molecule has 0 saturated carbocycles. The molecule has 1 amide bonds. The lowest BCUT2D eigenvalue weighted by Gasteiger charge is -2.17. The van der Waals surface area contributed by atoms with Crippen LogP contribution in [0.15, 0.2) is 29.4 Å².